The van der Waals surface area contributed by atoms with Crippen LogP contribution in [0.1, 0.15) is 17.2 Å². The molecular weight excluding hydrogens is 316 g/mol. The van der Waals surface area contributed by atoms with Gasteiger partial charge in [0.1, 0.15) is 6.54 Å². The molecule has 0 saturated carbocycles. The number of benzene rings is 2. The van der Waals surface area contributed by atoms with Gasteiger partial charge in [0.25, 0.3) is 0 Å². The van der Waals surface area contributed by atoms with Gasteiger partial charge in [-0.15, -0.1) is 0 Å². The molecule has 120 valence electrons. The minimum Gasteiger partial charge on any atom is -0.453 e. The molecule has 0 aliphatic carbocycles. The monoisotopic (exact) mass is 332 g/mol. The van der Waals surface area contributed by atoms with Gasteiger partial charge in [0.2, 0.25) is 5.91 Å². The van der Waals surface area contributed by atoms with Crippen LogP contribution >= 0.6 is 11.6 Å². The second kappa shape index (κ2) is 8.19. The normalized spacial score (nSPS) is 11.4. The van der Waals surface area contributed by atoms with Crippen molar-refractivity contribution in [2.24, 2.45) is 0 Å². The number of halogens is 1. The molecule has 2 N–H and O–H groups in total. The van der Waals surface area contributed by atoms with E-state index in [2.05, 4.69) is 15.4 Å². The summed E-state index contributed by atoms with van der Waals surface area (Å²) in [4.78, 5) is 23.1. The highest BCUT2D eigenvalue weighted by Gasteiger charge is 2.17. The predicted molar refractivity (Wildman–Crippen MR) is 88.3 cm³/mol. The van der Waals surface area contributed by atoms with Crippen molar-refractivity contribution >= 4 is 23.6 Å². The molecule has 6 heteroatoms. The number of amides is 2. The van der Waals surface area contributed by atoms with Crippen molar-refractivity contribution in [1.82, 2.24) is 10.6 Å². The number of nitrogens with one attached hydrogen (secondary N) is 2. The van der Waals surface area contributed by atoms with E-state index in [1.165, 1.54) is 7.11 Å². The fraction of sp³-hybridized carbons (Fsp3) is 0.176. The lowest BCUT2D eigenvalue weighted by Crippen LogP contribution is -2.38. The summed E-state index contributed by atoms with van der Waals surface area (Å²) in [6.45, 7) is -0.170. The Kier molecular flexibility index (Phi) is 6.00. The summed E-state index contributed by atoms with van der Waals surface area (Å²) in [5, 5.41) is 5.83. The van der Waals surface area contributed by atoms with E-state index < -0.39 is 6.09 Å². The molecule has 2 amide bonds. The molecule has 2 aromatic rings. The van der Waals surface area contributed by atoms with E-state index in [1.54, 1.807) is 12.1 Å². The number of alkyl carbamates (subject to hydrolysis) is 1. The lowest BCUT2D eigenvalue weighted by Gasteiger charge is -2.20. The summed E-state index contributed by atoms with van der Waals surface area (Å²) in [6, 6.07) is 16.4. The van der Waals surface area contributed by atoms with Crippen LogP contribution in [0, 0.1) is 0 Å². The number of carbonyl (C=O) groups is 2. The van der Waals surface area contributed by atoms with Crippen molar-refractivity contribution in [3.05, 3.63) is 70.7 Å². The SMILES string of the molecule is COC(=O)NCC(=O)N[C@H](c1ccccc1)c1cccc(Cl)c1. The number of hydrogen-bond acceptors (Lipinski definition) is 3. The van der Waals surface area contributed by atoms with Gasteiger partial charge >= 0.3 is 6.09 Å². The minimum absolute atomic E-state index is 0.170. The fourth-order valence-electron chi connectivity index (χ4n) is 2.13. The van der Waals surface area contributed by atoms with Gasteiger partial charge in [-0.3, -0.25) is 4.79 Å². The van der Waals surface area contributed by atoms with E-state index in [4.69, 9.17) is 11.6 Å². The Balaban J connectivity index is 2.18. The average Bonchev–Trinajstić information content (AvgIpc) is 2.58. The largest absolute Gasteiger partial charge is 0.453 e. The lowest BCUT2D eigenvalue weighted by atomic mass is 9.98. The molecular formula is C17H17ClN2O3. The molecule has 5 nitrogen and oxygen atoms in total. The highest BCUT2D eigenvalue weighted by Crippen LogP contribution is 2.24. The summed E-state index contributed by atoms with van der Waals surface area (Å²) in [7, 11) is 1.24. The number of carbonyl (C=O) groups excluding carboxylic acids is 2. The maximum atomic E-state index is 12.1. The maximum Gasteiger partial charge on any atom is 0.407 e. The predicted octanol–water partition coefficient (Wildman–Crippen LogP) is 2.90. The van der Waals surface area contributed by atoms with Crippen LogP contribution in [0.5, 0.6) is 0 Å². The Labute approximate surface area is 139 Å². The van der Waals surface area contributed by atoms with Crippen LogP contribution in [0.15, 0.2) is 54.6 Å². The van der Waals surface area contributed by atoms with Crippen LogP contribution < -0.4 is 10.6 Å². The molecule has 0 aromatic heterocycles. The molecule has 0 fully saturated rings. The van der Waals surface area contributed by atoms with Gasteiger partial charge < -0.3 is 15.4 Å². The fourth-order valence-corrected chi connectivity index (χ4v) is 2.33. The van der Waals surface area contributed by atoms with Crippen LogP contribution in [0.25, 0.3) is 0 Å². The molecule has 0 heterocycles. The Morgan fingerprint density at radius 3 is 2.43 bits per heavy atom. The van der Waals surface area contributed by atoms with Gasteiger partial charge in [-0.25, -0.2) is 4.79 Å². The molecule has 0 spiro atoms. The van der Waals surface area contributed by atoms with Crippen LogP contribution in [-0.2, 0) is 9.53 Å². The van der Waals surface area contributed by atoms with E-state index in [0.29, 0.717) is 5.02 Å². The smallest absolute Gasteiger partial charge is 0.407 e. The third-order valence-electron chi connectivity index (χ3n) is 3.20. The van der Waals surface area contributed by atoms with Crippen LogP contribution in [0.2, 0.25) is 5.02 Å². The van der Waals surface area contributed by atoms with E-state index in [1.807, 2.05) is 42.5 Å². The quantitative estimate of drug-likeness (QED) is 0.884. The van der Waals surface area contributed by atoms with Gasteiger partial charge in [0, 0.05) is 5.02 Å². The van der Waals surface area contributed by atoms with Crippen LogP contribution in [0.3, 0.4) is 0 Å². The van der Waals surface area contributed by atoms with Crippen molar-refractivity contribution in [3.63, 3.8) is 0 Å². The number of hydrogen-bond donors (Lipinski definition) is 2. The topological polar surface area (TPSA) is 67.4 Å². The first-order valence-corrected chi connectivity index (χ1v) is 7.39. The van der Waals surface area contributed by atoms with Crippen LogP contribution in [-0.4, -0.2) is 25.7 Å². The van der Waals surface area contributed by atoms with E-state index in [-0.39, 0.29) is 18.5 Å². The lowest BCUT2D eigenvalue weighted by molar-refractivity contribution is -0.120. The summed E-state index contributed by atoms with van der Waals surface area (Å²) in [5.41, 5.74) is 1.77. The van der Waals surface area contributed by atoms with E-state index in [9.17, 15) is 9.59 Å². The Morgan fingerprint density at radius 1 is 1.09 bits per heavy atom. The maximum absolute atomic E-state index is 12.1. The third-order valence-corrected chi connectivity index (χ3v) is 3.43. The zero-order valence-corrected chi connectivity index (χ0v) is 13.3. The van der Waals surface area contributed by atoms with Gasteiger partial charge in [-0.1, -0.05) is 54.1 Å². The minimum atomic E-state index is -0.654. The summed E-state index contributed by atoms with van der Waals surface area (Å²) in [6.07, 6.45) is -0.654. The number of ether oxygens (including phenoxy) is 1. The van der Waals surface area contributed by atoms with Crippen molar-refractivity contribution in [2.75, 3.05) is 13.7 Å². The molecule has 0 aliphatic heterocycles. The second-order valence-electron chi connectivity index (χ2n) is 4.81. The Hall–Kier alpha value is -2.53. The van der Waals surface area contributed by atoms with E-state index in [0.717, 1.165) is 11.1 Å². The van der Waals surface area contributed by atoms with Crippen molar-refractivity contribution in [2.45, 2.75) is 6.04 Å². The molecule has 2 rings (SSSR count). The highest BCUT2D eigenvalue weighted by molar-refractivity contribution is 6.30. The highest BCUT2D eigenvalue weighted by atomic mass is 35.5. The zero-order chi connectivity index (χ0) is 16.7. The summed E-state index contributed by atoms with van der Waals surface area (Å²) in [5.74, 6) is -0.329. The molecule has 2 aromatic carbocycles. The molecule has 0 aliphatic rings. The first kappa shape index (κ1) is 16.8. The third kappa shape index (κ3) is 5.00. The van der Waals surface area contributed by atoms with Gasteiger partial charge in [-0.2, -0.15) is 0 Å². The van der Waals surface area contributed by atoms with Crippen molar-refractivity contribution in [3.8, 4) is 0 Å². The first-order valence-electron chi connectivity index (χ1n) is 7.01. The number of methoxy groups -OCH3 is 1. The van der Waals surface area contributed by atoms with E-state index >= 15 is 0 Å². The standard InChI is InChI=1S/C17H17ClN2O3/c1-23-17(22)19-11-15(21)20-16(12-6-3-2-4-7-12)13-8-5-9-14(18)10-13/h2-10,16H,11H2,1H3,(H,19,22)(H,20,21)/t16-/m1/s1. The first-order chi connectivity index (χ1) is 11.1. The second-order valence-corrected chi connectivity index (χ2v) is 5.25. The molecule has 23 heavy (non-hydrogen) atoms. The molecule has 0 radical (unpaired) electrons. The molecule has 0 saturated heterocycles. The molecule has 0 unspecified atom stereocenters. The zero-order valence-electron chi connectivity index (χ0n) is 12.6. The van der Waals surface area contributed by atoms with Crippen molar-refractivity contribution < 1.29 is 14.3 Å². The van der Waals surface area contributed by atoms with Gasteiger partial charge in [0.15, 0.2) is 0 Å². The Bertz CT molecular complexity index is 677. The van der Waals surface area contributed by atoms with Crippen molar-refractivity contribution in [1.29, 1.82) is 0 Å². The Morgan fingerprint density at radius 2 is 1.78 bits per heavy atom. The number of rotatable bonds is 5. The summed E-state index contributed by atoms with van der Waals surface area (Å²) >= 11 is 6.05. The van der Waals surface area contributed by atoms with Crippen LogP contribution in [0.4, 0.5) is 4.79 Å². The molecule has 0 bridgehead atoms. The summed E-state index contributed by atoms with van der Waals surface area (Å²) < 4.78 is 4.44. The van der Waals surface area contributed by atoms with Gasteiger partial charge in [0.05, 0.1) is 13.2 Å². The molecule has 1 atom stereocenters. The van der Waals surface area contributed by atoms with Gasteiger partial charge in [-0.05, 0) is 23.3 Å². The average molecular weight is 333 g/mol.